The summed E-state index contributed by atoms with van der Waals surface area (Å²) in [5.41, 5.74) is 2.03. The molecule has 0 aromatic carbocycles. The summed E-state index contributed by atoms with van der Waals surface area (Å²) in [5.74, 6) is 0. The fraction of sp³-hybridized carbons (Fsp3) is 0.692. The van der Waals surface area contributed by atoms with Gasteiger partial charge in [0.15, 0.2) is 0 Å². The highest BCUT2D eigenvalue weighted by Gasteiger charge is 2.19. The Morgan fingerprint density at radius 2 is 2.53 bits per heavy atom. The SMILES string of the molecule is Cc1c([C@@H](C)NC(=O)OC[C@H]2CCCO2)cnn1C. The molecule has 1 amide bonds. The molecule has 0 bridgehead atoms. The molecule has 1 saturated heterocycles. The molecule has 1 N–H and O–H groups in total. The maximum absolute atomic E-state index is 11.7. The number of carbonyl (C=O) groups excluding carboxylic acids is 1. The number of hydrogen-bond donors (Lipinski definition) is 1. The van der Waals surface area contributed by atoms with Gasteiger partial charge in [-0.2, -0.15) is 5.10 Å². The largest absolute Gasteiger partial charge is 0.447 e. The zero-order chi connectivity index (χ0) is 13.8. The van der Waals surface area contributed by atoms with E-state index in [-0.39, 0.29) is 12.1 Å². The number of nitrogens with one attached hydrogen (secondary N) is 1. The van der Waals surface area contributed by atoms with Crippen molar-refractivity contribution in [1.82, 2.24) is 15.1 Å². The predicted octanol–water partition coefficient (Wildman–Crippen LogP) is 1.69. The number of carbonyl (C=O) groups is 1. The molecule has 0 radical (unpaired) electrons. The van der Waals surface area contributed by atoms with E-state index in [0.717, 1.165) is 30.7 Å². The van der Waals surface area contributed by atoms with Crippen LogP contribution < -0.4 is 5.32 Å². The Labute approximate surface area is 113 Å². The molecule has 106 valence electrons. The van der Waals surface area contributed by atoms with Gasteiger partial charge in [0.1, 0.15) is 6.61 Å². The second kappa shape index (κ2) is 6.06. The van der Waals surface area contributed by atoms with Gasteiger partial charge < -0.3 is 14.8 Å². The third kappa shape index (κ3) is 3.47. The molecule has 0 aliphatic carbocycles. The number of aryl methyl sites for hydroxylation is 1. The van der Waals surface area contributed by atoms with Gasteiger partial charge in [-0.15, -0.1) is 0 Å². The van der Waals surface area contributed by atoms with E-state index in [1.165, 1.54) is 0 Å². The molecule has 1 fully saturated rings. The number of rotatable bonds is 4. The molecule has 1 aromatic rings. The second-order valence-corrected chi connectivity index (χ2v) is 4.91. The average molecular weight is 267 g/mol. The maximum Gasteiger partial charge on any atom is 0.407 e. The molecule has 1 aliphatic rings. The van der Waals surface area contributed by atoms with Crippen molar-refractivity contribution < 1.29 is 14.3 Å². The number of ether oxygens (including phenoxy) is 2. The van der Waals surface area contributed by atoms with Gasteiger partial charge >= 0.3 is 6.09 Å². The third-order valence-electron chi connectivity index (χ3n) is 3.50. The van der Waals surface area contributed by atoms with E-state index in [1.54, 1.807) is 10.9 Å². The smallest absolute Gasteiger partial charge is 0.407 e. The molecule has 2 heterocycles. The third-order valence-corrected chi connectivity index (χ3v) is 3.50. The summed E-state index contributed by atoms with van der Waals surface area (Å²) < 4.78 is 12.3. The van der Waals surface area contributed by atoms with Crippen molar-refractivity contribution in [3.8, 4) is 0 Å². The quantitative estimate of drug-likeness (QED) is 0.901. The molecule has 0 saturated carbocycles. The van der Waals surface area contributed by atoms with Crippen molar-refractivity contribution in [2.24, 2.45) is 7.05 Å². The summed E-state index contributed by atoms with van der Waals surface area (Å²) in [6.45, 7) is 4.97. The van der Waals surface area contributed by atoms with Crippen molar-refractivity contribution in [3.63, 3.8) is 0 Å². The summed E-state index contributed by atoms with van der Waals surface area (Å²) in [4.78, 5) is 11.7. The fourth-order valence-corrected chi connectivity index (χ4v) is 2.18. The van der Waals surface area contributed by atoms with Crippen LogP contribution in [0, 0.1) is 6.92 Å². The van der Waals surface area contributed by atoms with Gasteiger partial charge in [0, 0.05) is 24.9 Å². The van der Waals surface area contributed by atoms with Gasteiger partial charge in [0.2, 0.25) is 0 Å². The Bertz CT molecular complexity index is 438. The van der Waals surface area contributed by atoms with Crippen LogP contribution in [0.15, 0.2) is 6.20 Å². The number of aromatic nitrogens is 2. The Balaban J connectivity index is 1.79. The Morgan fingerprint density at radius 3 is 3.11 bits per heavy atom. The lowest BCUT2D eigenvalue weighted by Gasteiger charge is -2.15. The summed E-state index contributed by atoms with van der Waals surface area (Å²) in [7, 11) is 1.88. The molecule has 2 rings (SSSR count). The highest BCUT2D eigenvalue weighted by molar-refractivity contribution is 5.67. The summed E-state index contributed by atoms with van der Waals surface area (Å²) in [6, 6.07) is -0.120. The average Bonchev–Trinajstić information content (AvgIpc) is 2.98. The number of hydrogen-bond acceptors (Lipinski definition) is 4. The van der Waals surface area contributed by atoms with E-state index in [9.17, 15) is 4.79 Å². The van der Waals surface area contributed by atoms with Gasteiger partial charge in [-0.05, 0) is 26.7 Å². The highest BCUT2D eigenvalue weighted by atomic mass is 16.6. The molecule has 1 aromatic heterocycles. The summed E-state index contributed by atoms with van der Waals surface area (Å²) in [6.07, 6.45) is 3.42. The van der Waals surface area contributed by atoms with Crippen molar-refractivity contribution in [1.29, 1.82) is 0 Å². The minimum absolute atomic E-state index is 0.0567. The van der Waals surface area contributed by atoms with Crippen LogP contribution in [0.4, 0.5) is 4.79 Å². The van der Waals surface area contributed by atoms with E-state index in [1.807, 2.05) is 20.9 Å². The first-order chi connectivity index (χ1) is 9.08. The van der Waals surface area contributed by atoms with E-state index in [0.29, 0.717) is 6.61 Å². The van der Waals surface area contributed by atoms with Crippen molar-refractivity contribution in [3.05, 3.63) is 17.5 Å². The Kier molecular flexibility index (Phi) is 4.42. The first kappa shape index (κ1) is 13.9. The molecule has 0 unspecified atom stereocenters. The molecule has 1 aliphatic heterocycles. The first-order valence-corrected chi connectivity index (χ1v) is 6.61. The van der Waals surface area contributed by atoms with E-state index >= 15 is 0 Å². The zero-order valence-corrected chi connectivity index (χ0v) is 11.7. The van der Waals surface area contributed by atoms with Gasteiger partial charge in [-0.3, -0.25) is 4.68 Å². The van der Waals surface area contributed by atoms with Crippen molar-refractivity contribution in [2.75, 3.05) is 13.2 Å². The van der Waals surface area contributed by atoms with Crippen LogP contribution in [0.2, 0.25) is 0 Å². The lowest BCUT2D eigenvalue weighted by atomic mass is 10.1. The Morgan fingerprint density at radius 1 is 1.74 bits per heavy atom. The predicted molar refractivity (Wildman–Crippen MR) is 69.8 cm³/mol. The van der Waals surface area contributed by atoms with E-state index in [2.05, 4.69) is 10.4 Å². The minimum atomic E-state index is -0.411. The van der Waals surface area contributed by atoms with Crippen molar-refractivity contribution in [2.45, 2.75) is 38.8 Å². The van der Waals surface area contributed by atoms with Crippen LogP contribution in [0.1, 0.15) is 37.1 Å². The second-order valence-electron chi connectivity index (χ2n) is 4.91. The monoisotopic (exact) mass is 267 g/mol. The number of nitrogens with zero attached hydrogens (tertiary/aromatic N) is 2. The molecule has 0 spiro atoms. The number of amides is 1. The fourth-order valence-electron chi connectivity index (χ4n) is 2.18. The van der Waals surface area contributed by atoms with E-state index in [4.69, 9.17) is 9.47 Å². The standard InChI is InChI=1S/C13H21N3O3/c1-9(12-7-14-16(3)10(12)2)15-13(17)19-8-11-5-4-6-18-11/h7,9,11H,4-6,8H2,1-3H3,(H,15,17)/t9-,11-/m1/s1. The van der Waals surface area contributed by atoms with Crippen LogP contribution in [-0.2, 0) is 16.5 Å². The van der Waals surface area contributed by atoms with Crippen molar-refractivity contribution >= 4 is 6.09 Å². The van der Waals surface area contributed by atoms with Gasteiger partial charge in [-0.1, -0.05) is 0 Å². The lowest BCUT2D eigenvalue weighted by molar-refractivity contribution is 0.0430. The topological polar surface area (TPSA) is 65.4 Å². The minimum Gasteiger partial charge on any atom is -0.447 e. The molecular formula is C13H21N3O3. The van der Waals surface area contributed by atoms with E-state index < -0.39 is 6.09 Å². The first-order valence-electron chi connectivity index (χ1n) is 6.61. The van der Waals surface area contributed by atoms with Crippen LogP contribution in [0.25, 0.3) is 0 Å². The van der Waals surface area contributed by atoms with Crippen LogP contribution in [-0.4, -0.2) is 35.2 Å². The van der Waals surface area contributed by atoms with Crippen LogP contribution in [0.3, 0.4) is 0 Å². The zero-order valence-electron chi connectivity index (χ0n) is 11.7. The van der Waals surface area contributed by atoms with Crippen LogP contribution in [0.5, 0.6) is 0 Å². The maximum atomic E-state index is 11.7. The Hall–Kier alpha value is -1.56. The number of alkyl carbamates (subject to hydrolysis) is 1. The molecule has 19 heavy (non-hydrogen) atoms. The summed E-state index contributed by atoms with van der Waals surface area (Å²) >= 11 is 0. The summed E-state index contributed by atoms with van der Waals surface area (Å²) in [5, 5.41) is 6.96. The van der Waals surface area contributed by atoms with Gasteiger partial charge in [0.25, 0.3) is 0 Å². The molecular weight excluding hydrogens is 246 g/mol. The van der Waals surface area contributed by atoms with Crippen LogP contribution >= 0.6 is 0 Å². The molecule has 2 atom stereocenters. The van der Waals surface area contributed by atoms with Gasteiger partial charge in [0.05, 0.1) is 18.3 Å². The normalized spacial score (nSPS) is 20.3. The lowest BCUT2D eigenvalue weighted by Crippen LogP contribution is -2.30. The molecule has 6 heteroatoms. The highest BCUT2D eigenvalue weighted by Crippen LogP contribution is 2.16. The molecule has 6 nitrogen and oxygen atoms in total. The van der Waals surface area contributed by atoms with Gasteiger partial charge in [-0.25, -0.2) is 4.79 Å².